The molecule has 1 heterocycles. The second-order valence-electron chi connectivity index (χ2n) is 5.12. The summed E-state index contributed by atoms with van der Waals surface area (Å²) in [5.74, 6) is -1.16. The van der Waals surface area contributed by atoms with Crippen molar-refractivity contribution < 1.29 is 18.0 Å². The molecule has 1 aromatic heterocycles. The lowest BCUT2D eigenvalue weighted by molar-refractivity contribution is 0.215. The molecule has 21 heavy (non-hydrogen) atoms. The van der Waals surface area contributed by atoms with Gasteiger partial charge in [-0.1, -0.05) is 37.7 Å². The first-order chi connectivity index (χ1) is 9.75. The molecule has 0 aliphatic carbocycles. The molecule has 0 saturated heterocycles. The van der Waals surface area contributed by atoms with Gasteiger partial charge in [0.25, 0.3) is 0 Å². The molecule has 0 saturated carbocycles. The summed E-state index contributed by atoms with van der Waals surface area (Å²) < 4.78 is 37.4. The minimum atomic E-state index is -2.25. The van der Waals surface area contributed by atoms with Gasteiger partial charge in [-0.05, 0) is 0 Å². The molecular formula is C13H17F3N2OS2. The summed E-state index contributed by atoms with van der Waals surface area (Å²) >= 11 is 2.63. The molecule has 118 valence electrons. The highest BCUT2D eigenvalue weighted by molar-refractivity contribution is 8.01. The molecule has 0 atom stereocenters. The number of aromatic nitrogens is 1. The van der Waals surface area contributed by atoms with Crippen LogP contribution < -0.4 is 0 Å². The predicted molar refractivity (Wildman–Crippen MR) is 81.1 cm³/mol. The second-order valence-corrected chi connectivity index (χ2v) is 7.50. The van der Waals surface area contributed by atoms with E-state index in [1.54, 1.807) is 6.21 Å². The Balaban J connectivity index is 2.83. The van der Waals surface area contributed by atoms with E-state index >= 15 is 0 Å². The van der Waals surface area contributed by atoms with E-state index in [4.69, 9.17) is 0 Å². The van der Waals surface area contributed by atoms with Crippen molar-refractivity contribution in [3.8, 4) is 0 Å². The smallest absolute Gasteiger partial charge is 0.301 e. The van der Waals surface area contributed by atoms with Crippen LogP contribution in [0.2, 0.25) is 0 Å². The molecule has 1 rings (SSSR count). The molecule has 0 spiro atoms. The van der Waals surface area contributed by atoms with Gasteiger partial charge in [0.1, 0.15) is 7.11 Å². The highest BCUT2D eigenvalue weighted by atomic mass is 32.2. The van der Waals surface area contributed by atoms with E-state index in [0.29, 0.717) is 4.34 Å². The topological polar surface area (TPSA) is 34.5 Å². The number of hydrogen-bond acceptors (Lipinski definition) is 5. The second kappa shape index (κ2) is 7.84. The summed E-state index contributed by atoms with van der Waals surface area (Å²) in [5.41, 5.74) is 0.670. The van der Waals surface area contributed by atoms with Gasteiger partial charge in [-0.15, -0.1) is 11.3 Å². The van der Waals surface area contributed by atoms with Crippen LogP contribution in [0.4, 0.5) is 13.2 Å². The zero-order valence-corrected chi connectivity index (χ0v) is 13.9. The Labute approximate surface area is 130 Å². The Morgan fingerprint density at radius 1 is 1.38 bits per heavy atom. The van der Waals surface area contributed by atoms with Gasteiger partial charge in [-0.2, -0.15) is 8.78 Å². The van der Waals surface area contributed by atoms with Crippen LogP contribution in [0.5, 0.6) is 0 Å². The van der Waals surface area contributed by atoms with E-state index in [9.17, 15) is 13.2 Å². The molecule has 0 aliphatic rings. The highest BCUT2D eigenvalue weighted by Gasteiger charge is 2.22. The number of nitrogens with zero attached hydrogens (tertiary/aromatic N) is 2. The maximum Gasteiger partial charge on any atom is 0.301 e. The van der Waals surface area contributed by atoms with Crippen molar-refractivity contribution in [1.82, 2.24) is 4.98 Å². The van der Waals surface area contributed by atoms with Gasteiger partial charge < -0.3 is 4.84 Å². The largest absolute Gasteiger partial charge is 0.399 e. The van der Waals surface area contributed by atoms with Crippen molar-refractivity contribution in [3.63, 3.8) is 0 Å². The molecule has 0 bridgehead atoms. The first-order valence-electron chi connectivity index (χ1n) is 6.16. The van der Waals surface area contributed by atoms with Crippen LogP contribution in [0.25, 0.3) is 0 Å². The fourth-order valence-electron chi connectivity index (χ4n) is 1.42. The van der Waals surface area contributed by atoms with Gasteiger partial charge in [-0.3, -0.25) is 0 Å². The van der Waals surface area contributed by atoms with Crippen LogP contribution >= 0.6 is 23.1 Å². The van der Waals surface area contributed by atoms with Crippen LogP contribution in [0.15, 0.2) is 21.4 Å². The molecule has 8 heteroatoms. The summed E-state index contributed by atoms with van der Waals surface area (Å²) in [5, 5.41) is 3.73. The fourth-order valence-corrected chi connectivity index (χ4v) is 3.66. The van der Waals surface area contributed by atoms with Crippen molar-refractivity contribution >= 4 is 29.3 Å². The SMILES string of the molecule is CON=Cc1sc(SCCC(F)=C(F)F)nc1C(C)(C)C. The third-order valence-corrected chi connectivity index (χ3v) is 4.51. The van der Waals surface area contributed by atoms with Gasteiger partial charge in [0.05, 0.1) is 16.8 Å². The molecule has 0 aromatic carbocycles. The zero-order chi connectivity index (χ0) is 16.0. The van der Waals surface area contributed by atoms with Crippen LogP contribution in [0.1, 0.15) is 37.8 Å². The van der Waals surface area contributed by atoms with Gasteiger partial charge in [0.15, 0.2) is 10.2 Å². The average molecular weight is 338 g/mol. The number of rotatable bonds is 6. The van der Waals surface area contributed by atoms with Crippen molar-refractivity contribution in [3.05, 3.63) is 22.5 Å². The summed E-state index contributed by atoms with van der Waals surface area (Å²) in [6.45, 7) is 6.05. The first kappa shape index (κ1) is 18.0. The zero-order valence-electron chi connectivity index (χ0n) is 12.2. The van der Waals surface area contributed by atoms with E-state index < -0.39 is 11.9 Å². The molecule has 0 amide bonds. The molecule has 0 N–H and O–H groups in total. The third-order valence-electron chi connectivity index (χ3n) is 2.37. The molecule has 0 fully saturated rings. The Bertz CT molecular complexity index is 532. The summed E-state index contributed by atoms with van der Waals surface area (Å²) in [4.78, 5) is 10.00. The normalized spacial score (nSPS) is 12.0. The number of thiazole rings is 1. The van der Waals surface area contributed by atoms with Gasteiger partial charge in [0, 0.05) is 17.6 Å². The van der Waals surface area contributed by atoms with E-state index in [2.05, 4.69) is 15.0 Å². The lowest BCUT2D eigenvalue weighted by atomic mass is 9.91. The number of allylic oxidation sites excluding steroid dienone is 1. The molecule has 0 unspecified atom stereocenters. The van der Waals surface area contributed by atoms with E-state index in [1.807, 2.05) is 20.8 Å². The number of hydrogen-bond donors (Lipinski definition) is 0. The maximum atomic E-state index is 12.7. The van der Waals surface area contributed by atoms with Crippen molar-refractivity contribution in [2.45, 2.75) is 36.9 Å². The summed E-state index contributed by atoms with van der Waals surface area (Å²) in [6, 6.07) is 0. The van der Waals surface area contributed by atoms with Crippen molar-refractivity contribution in [2.24, 2.45) is 5.16 Å². The lowest BCUT2D eigenvalue weighted by Crippen LogP contribution is -2.13. The highest BCUT2D eigenvalue weighted by Crippen LogP contribution is 2.34. The number of halogens is 3. The number of oxime groups is 1. The van der Waals surface area contributed by atoms with Crippen molar-refractivity contribution in [2.75, 3.05) is 12.9 Å². The minimum absolute atomic E-state index is 0.180. The van der Waals surface area contributed by atoms with E-state index in [0.717, 1.165) is 10.6 Å². The molecule has 0 radical (unpaired) electrons. The number of thioether (sulfide) groups is 1. The molecular weight excluding hydrogens is 321 g/mol. The average Bonchev–Trinajstić information content (AvgIpc) is 2.79. The lowest BCUT2D eigenvalue weighted by Gasteiger charge is -2.15. The molecule has 3 nitrogen and oxygen atoms in total. The first-order valence-corrected chi connectivity index (χ1v) is 7.96. The van der Waals surface area contributed by atoms with Gasteiger partial charge in [0.2, 0.25) is 0 Å². The van der Waals surface area contributed by atoms with Crippen LogP contribution in [-0.2, 0) is 10.3 Å². The Morgan fingerprint density at radius 3 is 2.57 bits per heavy atom. The predicted octanol–water partition coefficient (Wildman–Crippen LogP) is 4.98. The third kappa shape index (κ3) is 5.70. The Hall–Kier alpha value is -1.02. The van der Waals surface area contributed by atoms with Gasteiger partial charge in [-0.25, -0.2) is 9.37 Å². The maximum absolute atomic E-state index is 12.7. The Morgan fingerprint density at radius 2 is 2.05 bits per heavy atom. The summed E-state index contributed by atoms with van der Waals surface area (Å²) in [6.07, 6.45) is -0.985. The quantitative estimate of drug-likeness (QED) is 0.417. The minimum Gasteiger partial charge on any atom is -0.399 e. The monoisotopic (exact) mass is 338 g/mol. The van der Waals surface area contributed by atoms with Crippen LogP contribution in [0.3, 0.4) is 0 Å². The van der Waals surface area contributed by atoms with Gasteiger partial charge >= 0.3 is 6.08 Å². The fraction of sp³-hybridized carbons (Fsp3) is 0.538. The standard InChI is InChI=1S/C13H17F3N2OS2/c1-13(2,3)10-9(7-17-19-4)21-12(18-10)20-6-5-8(14)11(15)16/h7H,5-6H2,1-4H3. The van der Waals surface area contributed by atoms with Crippen molar-refractivity contribution in [1.29, 1.82) is 0 Å². The van der Waals surface area contributed by atoms with E-state index in [1.165, 1.54) is 30.2 Å². The van der Waals surface area contributed by atoms with E-state index in [-0.39, 0.29) is 17.6 Å². The molecule has 1 aromatic rings. The van der Waals surface area contributed by atoms with Crippen LogP contribution in [-0.4, -0.2) is 24.1 Å². The Kier molecular flexibility index (Phi) is 6.73. The van der Waals surface area contributed by atoms with Crippen LogP contribution in [0, 0.1) is 0 Å². The molecule has 0 aliphatic heterocycles. The summed E-state index contributed by atoms with van der Waals surface area (Å²) in [7, 11) is 1.45.